The first-order chi connectivity index (χ1) is 15.7. The molecule has 0 saturated heterocycles. The first-order valence-electron chi connectivity index (χ1n) is 13.3. The minimum absolute atomic E-state index is 0.0488. The molecule has 1 fully saturated rings. The van der Waals surface area contributed by atoms with E-state index < -0.39 is 0 Å². The minimum atomic E-state index is -0.0488. The molecule has 0 radical (unpaired) electrons. The van der Waals surface area contributed by atoms with Gasteiger partial charge in [-0.3, -0.25) is 0 Å². The second-order valence-electron chi connectivity index (χ2n) is 9.98. The van der Waals surface area contributed by atoms with E-state index in [-0.39, 0.29) is 5.41 Å². The quantitative estimate of drug-likeness (QED) is 0.493. The van der Waals surface area contributed by atoms with Gasteiger partial charge in [0.2, 0.25) is 0 Å². The SMILES string of the molecule is Oc1ccc(C2(c3ccc(O)cc3)CCCCCCCCCCCCCCCCC2)cc1. The summed E-state index contributed by atoms with van der Waals surface area (Å²) < 4.78 is 0. The Morgan fingerprint density at radius 3 is 0.906 bits per heavy atom. The van der Waals surface area contributed by atoms with E-state index in [1.54, 1.807) is 0 Å². The second-order valence-corrected chi connectivity index (χ2v) is 9.98. The molecule has 0 spiro atoms. The van der Waals surface area contributed by atoms with Crippen molar-refractivity contribution in [3.8, 4) is 11.5 Å². The van der Waals surface area contributed by atoms with Crippen LogP contribution in [0.3, 0.4) is 0 Å². The van der Waals surface area contributed by atoms with E-state index in [9.17, 15) is 10.2 Å². The zero-order chi connectivity index (χ0) is 22.5. The number of rotatable bonds is 2. The van der Waals surface area contributed by atoms with E-state index in [0.29, 0.717) is 11.5 Å². The van der Waals surface area contributed by atoms with E-state index in [2.05, 4.69) is 24.3 Å². The number of hydrogen-bond donors (Lipinski definition) is 2. The Morgan fingerprint density at radius 2 is 0.625 bits per heavy atom. The molecule has 0 atom stereocenters. The van der Waals surface area contributed by atoms with Crippen LogP contribution in [0.15, 0.2) is 48.5 Å². The van der Waals surface area contributed by atoms with Gasteiger partial charge in [-0.2, -0.15) is 0 Å². The summed E-state index contributed by atoms with van der Waals surface area (Å²) in [6, 6.07) is 15.8. The van der Waals surface area contributed by atoms with Crippen molar-refractivity contribution in [1.29, 1.82) is 0 Å². The summed E-state index contributed by atoms with van der Waals surface area (Å²) in [6.07, 6.45) is 22.6. The standard InChI is InChI=1S/C30H44O2/c31-28-20-16-26(17-21-28)30(27-18-22-29(32)23-19-27)24-14-12-10-8-6-4-2-1-3-5-7-9-11-13-15-25-30/h16-23,31-32H,1-15,24-25H2. The fraction of sp³-hybridized carbons (Fsp3) is 0.600. The van der Waals surface area contributed by atoms with Gasteiger partial charge in [-0.05, 0) is 48.2 Å². The number of phenolic OH excluding ortho intramolecular Hbond substituents is 2. The third-order valence-corrected chi connectivity index (χ3v) is 7.55. The summed E-state index contributed by atoms with van der Waals surface area (Å²) in [7, 11) is 0. The minimum Gasteiger partial charge on any atom is -0.508 e. The van der Waals surface area contributed by atoms with Crippen molar-refractivity contribution < 1.29 is 10.2 Å². The Kier molecular flexibility index (Phi) is 10.5. The highest BCUT2D eigenvalue weighted by molar-refractivity contribution is 5.43. The molecule has 1 aliphatic carbocycles. The molecule has 0 amide bonds. The number of hydrogen-bond acceptors (Lipinski definition) is 2. The van der Waals surface area contributed by atoms with Crippen LogP contribution in [0.4, 0.5) is 0 Å². The van der Waals surface area contributed by atoms with Gasteiger partial charge < -0.3 is 10.2 Å². The highest BCUT2D eigenvalue weighted by Gasteiger charge is 2.33. The van der Waals surface area contributed by atoms with Gasteiger partial charge in [0.15, 0.2) is 0 Å². The molecule has 32 heavy (non-hydrogen) atoms. The summed E-state index contributed by atoms with van der Waals surface area (Å²) >= 11 is 0. The monoisotopic (exact) mass is 436 g/mol. The summed E-state index contributed by atoms with van der Waals surface area (Å²) in [4.78, 5) is 0. The molecule has 3 rings (SSSR count). The molecule has 176 valence electrons. The van der Waals surface area contributed by atoms with Crippen molar-refractivity contribution in [2.24, 2.45) is 0 Å². The van der Waals surface area contributed by atoms with E-state index >= 15 is 0 Å². The Bertz CT molecular complexity index is 682. The lowest BCUT2D eigenvalue weighted by atomic mass is 9.68. The Balaban J connectivity index is 1.80. The summed E-state index contributed by atoms with van der Waals surface area (Å²) in [5.74, 6) is 0.657. The maximum atomic E-state index is 9.91. The van der Waals surface area contributed by atoms with Gasteiger partial charge in [0.25, 0.3) is 0 Å². The van der Waals surface area contributed by atoms with Gasteiger partial charge in [-0.1, -0.05) is 121 Å². The van der Waals surface area contributed by atoms with Crippen molar-refractivity contribution in [2.75, 3.05) is 0 Å². The second kappa shape index (κ2) is 13.6. The Hall–Kier alpha value is -1.96. The van der Waals surface area contributed by atoms with Crippen LogP contribution in [0.5, 0.6) is 11.5 Å². The van der Waals surface area contributed by atoms with Crippen molar-refractivity contribution in [2.45, 2.75) is 115 Å². The van der Waals surface area contributed by atoms with Crippen LogP contribution in [0.2, 0.25) is 0 Å². The van der Waals surface area contributed by atoms with Gasteiger partial charge in [-0.25, -0.2) is 0 Å². The lowest BCUT2D eigenvalue weighted by Crippen LogP contribution is -2.28. The molecule has 0 aliphatic heterocycles. The van der Waals surface area contributed by atoms with Crippen LogP contribution in [0, 0.1) is 0 Å². The van der Waals surface area contributed by atoms with Crippen LogP contribution in [-0.2, 0) is 5.41 Å². The largest absolute Gasteiger partial charge is 0.508 e. The fourth-order valence-electron chi connectivity index (χ4n) is 5.58. The van der Waals surface area contributed by atoms with Crippen LogP contribution < -0.4 is 0 Å². The molecule has 2 heteroatoms. The molecule has 0 unspecified atom stereocenters. The lowest BCUT2D eigenvalue weighted by molar-refractivity contribution is 0.387. The highest BCUT2D eigenvalue weighted by atomic mass is 16.3. The maximum Gasteiger partial charge on any atom is 0.115 e. The molecule has 2 aromatic carbocycles. The van der Waals surface area contributed by atoms with Crippen LogP contribution in [0.25, 0.3) is 0 Å². The van der Waals surface area contributed by atoms with E-state index in [1.807, 2.05) is 24.3 Å². The van der Waals surface area contributed by atoms with Gasteiger partial charge >= 0.3 is 0 Å². The maximum absolute atomic E-state index is 9.91. The zero-order valence-corrected chi connectivity index (χ0v) is 20.0. The summed E-state index contributed by atoms with van der Waals surface area (Å²) in [5.41, 5.74) is 2.55. The predicted molar refractivity (Wildman–Crippen MR) is 135 cm³/mol. The average Bonchev–Trinajstić information content (AvgIpc) is 2.80. The topological polar surface area (TPSA) is 40.5 Å². The van der Waals surface area contributed by atoms with Gasteiger partial charge in [0.05, 0.1) is 0 Å². The molecule has 0 heterocycles. The van der Waals surface area contributed by atoms with E-state index in [0.717, 1.165) is 12.8 Å². The first kappa shape index (κ1) is 24.7. The Labute approximate surface area is 196 Å². The number of phenols is 2. The van der Waals surface area contributed by atoms with Crippen LogP contribution >= 0.6 is 0 Å². The lowest BCUT2D eigenvalue weighted by Gasteiger charge is -2.36. The average molecular weight is 437 g/mol. The third-order valence-electron chi connectivity index (χ3n) is 7.55. The fourth-order valence-corrected chi connectivity index (χ4v) is 5.58. The van der Waals surface area contributed by atoms with Crippen molar-refractivity contribution in [1.82, 2.24) is 0 Å². The van der Waals surface area contributed by atoms with Crippen molar-refractivity contribution in [3.63, 3.8) is 0 Å². The van der Waals surface area contributed by atoms with Crippen LogP contribution in [-0.4, -0.2) is 10.2 Å². The molecule has 1 aliphatic rings. The van der Waals surface area contributed by atoms with Crippen molar-refractivity contribution in [3.05, 3.63) is 59.7 Å². The first-order valence-corrected chi connectivity index (χ1v) is 13.3. The van der Waals surface area contributed by atoms with Gasteiger partial charge in [0.1, 0.15) is 11.5 Å². The molecule has 0 aromatic heterocycles. The predicted octanol–water partition coefficient (Wildman–Crippen LogP) is 9.03. The molecule has 2 nitrogen and oxygen atoms in total. The van der Waals surface area contributed by atoms with E-state index in [4.69, 9.17) is 0 Å². The van der Waals surface area contributed by atoms with Gasteiger partial charge in [0, 0.05) is 5.41 Å². The van der Waals surface area contributed by atoms with Gasteiger partial charge in [-0.15, -0.1) is 0 Å². The molecular weight excluding hydrogens is 392 g/mol. The normalized spacial score (nSPS) is 20.1. The number of aromatic hydroxyl groups is 2. The molecule has 2 N–H and O–H groups in total. The van der Waals surface area contributed by atoms with Crippen LogP contribution in [0.1, 0.15) is 120 Å². The third kappa shape index (κ3) is 7.57. The summed E-state index contributed by atoms with van der Waals surface area (Å²) in [6.45, 7) is 0. The zero-order valence-electron chi connectivity index (χ0n) is 20.0. The number of benzene rings is 2. The van der Waals surface area contributed by atoms with Crippen molar-refractivity contribution >= 4 is 0 Å². The smallest absolute Gasteiger partial charge is 0.115 e. The Morgan fingerprint density at radius 1 is 0.375 bits per heavy atom. The van der Waals surface area contributed by atoms with E-state index in [1.165, 1.54) is 107 Å². The molecular formula is C30H44O2. The molecule has 0 bridgehead atoms. The molecule has 2 aromatic rings. The highest BCUT2D eigenvalue weighted by Crippen LogP contribution is 2.43. The summed E-state index contributed by atoms with van der Waals surface area (Å²) in [5, 5.41) is 19.8. The molecule has 1 saturated carbocycles.